The van der Waals surface area contributed by atoms with Gasteiger partial charge in [0.05, 0.1) is 47.3 Å². The SMILES string of the molecule is C=CC(=O)OCC[N+](C)(C)CCCCCCCC[N+](C)(C)C1CC(C)(C)NC(C)(C)C1.[Br-].[Br-]. The van der Waals surface area contributed by atoms with Crippen LogP contribution in [0.5, 0.6) is 0 Å². The van der Waals surface area contributed by atoms with Crippen LogP contribution in [0.4, 0.5) is 0 Å². The maximum absolute atomic E-state index is 11.1. The van der Waals surface area contributed by atoms with Gasteiger partial charge in [0.1, 0.15) is 13.2 Å². The van der Waals surface area contributed by atoms with Crippen molar-refractivity contribution in [3.8, 4) is 0 Å². The molecule has 0 aromatic heterocycles. The third-order valence-electron chi connectivity index (χ3n) is 7.01. The zero-order chi connectivity index (χ0) is 23.8. The Morgan fingerprint density at radius 1 is 0.879 bits per heavy atom. The van der Waals surface area contributed by atoms with Gasteiger partial charge in [-0.15, -0.1) is 0 Å². The first-order valence-corrected chi connectivity index (χ1v) is 12.4. The van der Waals surface area contributed by atoms with Gasteiger partial charge in [0.25, 0.3) is 0 Å². The van der Waals surface area contributed by atoms with E-state index in [9.17, 15) is 4.79 Å². The molecule has 1 aliphatic rings. The number of likely N-dealkylation sites (N-methyl/N-ethyl adjacent to an activating group) is 1. The summed E-state index contributed by atoms with van der Waals surface area (Å²) in [5.74, 6) is -0.325. The minimum absolute atomic E-state index is 0. The van der Waals surface area contributed by atoms with Crippen LogP contribution in [0.25, 0.3) is 0 Å². The number of unbranched alkanes of at least 4 members (excludes halogenated alkanes) is 5. The molecular weight excluding hydrogens is 546 g/mol. The highest BCUT2D eigenvalue weighted by atomic mass is 79.9. The lowest BCUT2D eigenvalue weighted by Gasteiger charge is -2.51. The highest BCUT2D eigenvalue weighted by molar-refractivity contribution is 5.81. The number of hydrogen-bond donors (Lipinski definition) is 1. The summed E-state index contributed by atoms with van der Waals surface area (Å²) in [7, 11) is 9.30. The van der Waals surface area contributed by atoms with Gasteiger partial charge in [-0.25, -0.2) is 4.79 Å². The highest BCUT2D eigenvalue weighted by Crippen LogP contribution is 2.33. The molecule has 0 bridgehead atoms. The van der Waals surface area contributed by atoms with Crippen LogP contribution in [0, 0.1) is 0 Å². The molecule has 1 N–H and O–H groups in total. The van der Waals surface area contributed by atoms with Gasteiger partial charge in [0.15, 0.2) is 0 Å². The van der Waals surface area contributed by atoms with E-state index in [4.69, 9.17) is 4.74 Å². The van der Waals surface area contributed by atoms with Crippen molar-refractivity contribution >= 4 is 5.97 Å². The number of ether oxygens (including phenoxy) is 1. The first-order valence-electron chi connectivity index (χ1n) is 12.4. The summed E-state index contributed by atoms with van der Waals surface area (Å²) >= 11 is 0. The second-order valence-electron chi connectivity index (χ2n) is 12.3. The Hall–Kier alpha value is 0.0500. The van der Waals surface area contributed by atoms with Crippen LogP contribution >= 0.6 is 0 Å². The number of halogens is 2. The Balaban J connectivity index is 0. The molecular formula is C26H53Br2N3O2. The molecule has 1 rings (SSSR count). The Bertz CT molecular complexity index is 562. The molecule has 1 aliphatic heterocycles. The van der Waals surface area contributed by atoms with Gasteiger partial charge < -0.3 is 53.0 Å². The lowest BCUT2D eigenvalue weighted by atomic mass is 9.78. The molecule has 0 atom stereocenters. The van der Waals surface area contributed by atoms with Crippen molar-refractivity contribution < 1.29 is 52.5 Å². The van der Waals surface area contributed by atoms with E-state index in [2.05, 4.69) is 67.8 Å². The number of esters is 1. The molecule has 0 radical (unpaired) electrons. The lowest BCUT2D eigenvalue weighted by Crippen LogP contribution is -3.00. The van der Waals surface area contributed by atoms with E-state index in [0.717, 1.165) is 28.1 Å². The molecule has 5 nitrogen and oxygen atoms in total. The molecule has 198 valence electrons. The maximum Gasteiger partial charge on any atom is 0.330 e. The van der Waals surface area contributed by atoms with E-state index in [1.807, 2.05) is 0 Å². The smallest absolute Gasteiger partial charge is 0.330 e. The normalized spacial score (nSPS) is 18.1. The number of nitrogens with zero attached hydrogens (tertiary/aromatic N) is 2. The quantitative estimate of drug-likeness (QED) is 0.115. The summed E-state index contributed by atoms with van der Waals surface area (Å²) in [6.45, 7) is 16.6. The number of nitrogens with one attached hydrogen (secondary N) is 1. The van der Waals surface area contributed by atoms with E-state index in [1.54, 1.807) is 0 Å². The summed E-state index contributed by atoms with van der Waals surface area (Å²) in [6, 6.07) is 0.733. The largest absolute Gasteiger partial charge is 1.00 e. The number of hydrogen-bond acceptors (Lipinski definition) is 3. The third-order valence-corrected chi connectivity index (χ3v) is 7.01. The Labute approximate surface area is 226 Å². The predicted octanol–water partition coefficient (Wildman–Crippen LogP) is -1.47. The Morgan fingerprint density at radius 2 is 1.33 bits per heavy atom. The summed E-state index contributed by atoms with van der Waals surface area (Å²) in [5, 5.41) is 3.82. The predicted molar refractivity (Wildman–Crippen MR) is 132 cm³/mol. The van der Waals surface area contributed by atoms with E-state index in [0.29, 0.717) is 6.61 Å². The van der Waals surface area contributed by atoms with Crippen LogP contribution in [-0.4, -0.2) is 86.5 Å². The van der Waals surface area contributed by atoms with Gasteiger partial charge in [-0.3, -0.25) is 0 Å². The zero-order valence-corrected chi connectivity index (χ0v) is 26.0. The van der Waals surface area contributed by atoms with Crippen molar-refractivity contribution in [2.75, 3.05) is 54.4 Å². The molecule has 1 saturated heterocycles. The number of piperidine rings is 1. The van der Waals surface area contributed by atoms with E-state index < -0.39 is 0 Å². The molecule has 0 aliphatic carbocycles. The molecule has 0 aromatic carbocycles. The van der Waals surface area contributed by atoms with Crippen LogP contribution in [0.15, 0.2) is 12.7 Å². The lowest BCUT2D eigenvalue weighted by molar-refractivity contribution is -0.917. The summed E-state index contributed by atoms with van der Waals surface area (Å²) in [6.07, 6.45) is 11.6. The molecule has 0 unspecified atom stereocenters. The van der Waals surface area contributed by atoms with Crippen LogP contribution in [-0.2, 0) is 9.53 Å². The fourth-order valence-corrected chi connectivity index (χ4v) is 5.28. The maximum atomic E-state index is 11.1. The van der Waals surface area contributed by atoms with Crippen molar-refractivity contribution in [2.45, 2.75) is 96.2 Å². The van der Waals surface area contributed by atoms with Gasteiger partial charge in [-0.1, -0.05) is 19.4 Å². The number of quaternary nitrogens is 2. The van der Waals surface area contributed by atoms with Crippen LogP contribution < -0.4 is 39.3 Å². The van der Waals surface area contributed by atoms with E-state index in [1.165, 1.54) is 64.0 Å². The van der Waals surface area contributed by atoms with Gasteiger partial charge >= 0.3 is 5.97 Å². The first-order chi connectivity index (χ1) is 14.2. The average Bonchev–Trinajstić information content (AvgIpc) is 2.61. The van der Waals surface area contributed by atoms with Crippen molar-refractivity contribution in [1.29, 1.82) is 0 Å². The molecule has 0 saturated carbocycles. The van der Waals surface area contributed by atoms with Gasteiger partial charge in [-0.05, 0) is 53.4 Å². The summed E-state index contributed by atoms with van der Waals surface area (Å²) in [4.78, 5) is 11.1. The molecule has 1 heterocycles. The van der Waals surface area contributed by atoms with Gasteiger partial charge in [0.2, 0.25) is 0 Å². The molecule has 33 heavy (non-hydrogen) atoms. The Morgan fingerprint density at radius 3 is 1.82 bits per heavy atom. The van der Waals surface area contributed by atoms with Crippen LogP contribution in [0.1, 0.15) is 79.1 Å². The summed E-state index contributed by atoms with van der Waals surface area (Å²) in [5.41, 5.74) is 0.447. The van der Waals surface area contributed by atoms with Crippen molar-refractivity contribution in [2.24, 2.45) is 0 Å². The number of carbonyl (C=O) groups is 1. The molecule has 0 amide bonds. The van der Waals surface area contributed by atoms with Crippen molar-refractivity contribution in [3.05, 3.63) is 12.7 Å². The second-order valence-corrected chi connectivity index (χ2v) is 12.3. The molecule has 7 heteroatoms. The van der Waals surface area contributed by atoms with Crippen molar-refractivity contribution in [3.63, 3.8) is 0 Å². The minimum Gasteiger partial charge on any atom is -1.00 e. The van der Waals surface area contributed by atoms with Crippen molar-refractivity contribution in [1.82, 2.24) is 5.32 Å². The molecule has 1 fully saturated rings. The molecule has 0 spiro atoms. The standard InChI is InChI=1S/C26H53N3O2.2BrH/c1-10-24(30)31-20-19-28(6,7)17-15-13-11-12-14-16-18-29(8,9)23-21-25(2,3)27-26(4,5)22-23;;/h10,23,27H,1,11-22H2,2-9H3;2*1H/q+2;;/p-2. The minimum atomic E-state index is -0.325. The number of carbonyl (C=O) groups excluding carboxylic acids is 1. The summed E-state index contributed by atoms with van der Waals surface area (Å²) < 4.78 is 7.17. The molecule has 0 aromatic rings. The van der Waals surface area contributed by atoms with Gasteiger partial charge in [-0.2, -0.15) is 0 Å². The first kappa shape index (κ1) is 35.2. The fraction of sp³-hybridized carbons (Fsp3) is 0.885. The topological polar surface area (TPSA) is 38.3 Å². The van der Waals surface area contributed by atoms with E-state index >= 15 is 0 Å². The van der Waals surface area contributed by atoms with Crippen LogP contribution in [0.3, 0.4) is 0 Å². The zero-order valence-electron chi connectivity index (χ0n) is 22.8. The highest BCUT2D eigenvalue weighted by Gasteiger charge is 2.44. The van der Waals surface area contributed by atoms with Gasteiger partial charge in [0, 0.05) is 30.0 Å². The van der Waals surface area contributed by atoms with Crippen LogP contribution in [0.2, 0.25) is 0 Å². The second kappa shape index (κ2) is 15.2. The third kappa shape index (κ3) is 14.9. The fourth-order valence-electron chi connectivity index (χ4n) is 5.28. The average molecular weight is 600 g/mol. The number of rotatable bonds is 14. The van der Waals surface area contributed by atoms with E-state index in [-0.39, 0.29) is 51.0 Å². The Kier molecular flexibility index (Phi) is 16.2. The monoisotopic (exact) mass is 597 g/mol.